The zero-order chi connectivity index (χ0) is 47.1. The molecule has 0 saturated carbocycles. The smallest absolute Gasteiger partial charge is 0.193 e. The molecule has 10 aromatic rings. The molecular formula is C66H46N2O2. The third-order valence-electron chi connectivity index (χ3n) is 15.1. The van der Waals surface area contributed by atoms with Crippen molar-refractivity contribution in [3.63, 3.8) is 0 Å². The number of carbonyl (C=O) groups excluding carboxylic acids is 2. The van der Waals surface area contributed by atoms with Crippen LogP contribution in [0.5, 0.6) is 0 Å². The quantitative estimate of drug-likeness (QED) is 0.173. The van der Waals surface area contributed by atoms with E-state index >= 15 is 0 Å². The molecule has 0 radical (unpaired) electrons. The molecule has 2 aliphatic heterocycles. The maximum atomic E-state index is 13.7. The molecule has 4 nitrogen and oxygen atoms in total. The summed E-state index contributed by atoms with van der Waals surface area (Å²) in [5.74, 6) is 0.191. The van der Waals surface area contributed by atoms with E-state index in [9.17, 15) is 9.59 Å². The Kier molecular flexibility index (Phi) is 9.37. The molecule has 0 aromatic heterocycles. The molecule has 10 aromatic carbocycles. The zero-order valence-corrected chi connectivity index (χ0v) is 38.8. The Morgan fingerprint density at radius 2 is 0.571 bits per heavy atom. The summed E-state index contributed by atoms with van der Waals surface area (Å²) in [6.45, 7) is 4.27. The lowest BCUT2D eigenvalue weighted by atomic mass is 9.57. The molecular weight excluding hydrogens is 853 g/mol. The minimum absolute atomic E-state index is 0.0947. The predicted molar refractivity (Wildman–Crippen MR) is 282 cm³/mol. The Morgan fingerprint density at radius 3 is 0.986 bits per heavy atom. The summed E-state index contributed by atoms with van der Waals surface area (Å²) >= 11 is 0. The van der Waals surface area contributed by atoms with Gasteiger partial charge >= 0.3 is 0 Å². The molecule has 14 rings (SSSR count). The number of ketones is 2. The number of aryl methyl sites for hydroxylation is 2. The second kappa shape index (κ2) is 15.9. The first-order valence-electron chi connectivity index (χ1n) is 24.0. The van der Waals surface area contributed by atoms with Crippen molar-refractivity contribution in [1.29, 1.82) is 0 Å². The lowest BCUT2D eigenvalue weighted by molar-refractivity contribution is 0.102. The summed E-state index contributed by atoms with van der Waals surface area (Å²) in [5, 5.41) is 0. The molecule has 0 N–H and O–H groups in total. The SMILES string of the molecule is Cc1ccc(N2c3ccccc3C3(c4ccccc4C(=O)c4ccccc43)c3cc(C)ccc32)cc1.O=C1c2ccccc2C2(c3ccccc31)c1ccccc1N(c1ccccc1)c1ccccc12. The van der Waals surface area contributed by atoms with E-state index in [4.69, 9.17) is 0 Å². The molecule has 2 aliphatic carbocycles. The number of para-hydroxylation sites is 4. The molecule has 70 heavy (non-hydrogen) atoms. The summed E-state index contributed by atoms with van der Waals surface area (Å²) in [4.78, 5) is 32.1. The third kappa shape index (κ3) is 5.71. The van der Waals surface area contributed by atoms with Crippen molar-refractivity contribution in [2.45, 2.75) is 24.7 Å². The number of anilines is 6. The molecule has 4 aliphatic rings. The fraction of sp³-hybridized carbons (Fsp3) is 0.0606. The van der Waals surface area contributed by atoms with Crippen LogP contribution in [0.2, 0.25) is 0 Å². The molecule has 4 heteroatoms. The van der Waals surface area contributed by atoms with Crippen LogP contribution in [0.15, 0.2) is 243 Å². The van der Waals surface area contributed by atoms with Crippen LogP contribution in [0.25, 0.3) is 0 Å². The molecule has 0 bridgehead atoms. The van der Waals surface area contributed by atoms with E-state index in [1.807, 2.05) is 54.6 Å². The Balaban J connectivity index is 0.000000137. The second-order valence-corrected chi connectivity index (χ2v) is 18.8. The minimum atomic E-state index is -0.597. The van der Waals surface area contributed by atoms with Gasteiger partial charge in [0.25, 0.3) is 0 Å². The Morgan fingerprint density at radius 1 is 0.271 bits per heavy atom. The summed E-state index contributed by atoms with van der Waals surface area (Å²) in [5.41, 5.74) is 20.1. The van der Waals surface area contributed by atoms with Gasteiger partial charge < -0.3 is 9.80 Å². The fourth-order valence-corrected chi connectivity index (χ4v) is 12.3. The number of hydrogen-bond donors (Lipinski definition) is 0. The van der Waals surface area contributed by atoms with E-state index in [1.165, 1.54) is 33.4 Å². The van der Waals surface area contributed by atoms with Gasteiger partial charge in [-0.3, -0.25) is 9.59 Å². The van der Waals surface area contributed by atoms with Gasteiger partial charge in [-0.05, 0) is 107 Å². The van der Waals surface area contributed by atoms with E-state index in [2.05, 4.69) is 212 Å². The normalized spacial score (nSPS) is 14.7. The number of rotatable bonds is 2. The average molecular weight is 899 g/mol. The number of fused-ring (bicyclic) bond motifs is 16. The van der Waals surface area contributed by atoms with E-state index in [1.54, 1.807) is 0 Å². The monoisotopic (exact) mass is 898 g/mol. The molecule has 0 fully saturated rings. The van der Waals surface area contributed by atoms with E-state index < -0.39 is 10.8 Å². The van der Waals surface area contributed by atoms with Crippen LogP contribution in [0.4, 0.5) is 34.1 Å². The topological polar surface area (TPSA) is 40.6 Å². The van der Waals surface area contributed by atoms with E-state index in [-0.39, 0.29) is 11.6 Å². The van der Waals surface area contributed by atoms with Gasteiger partial charge in [-0.15, -0.1) is 0 Å². The van der Waals surface area contributed by atoms with Crippen LogP contribution in [0, 0.1) is 13.8 Å². The first-order valence-corrected chi connectivity index (χ1v) is 24.0. The van der Waals surface area contributed by atoms with Gasteiger partial charge in [0.2, 0.25) is 0 Å². The van der Waals surface area contributed by atoms with Crippen molar-refractivity contribution in [1.82, 2.24) is 0 Å². The van der Waals surface area contributed by atoms with Crippen LogP contribution in [0.1, 0.15) is 87.5 Å². The van der Waals surface area contributed by atoms with Gasteiger partial charge in [-0.2, -0.15) is 0 Å². The average Bonchev–Trinajstić information content (AvgIpc) is 3.42. The third-order valence-corrected chi connectivity index (χ3v) is 15.1. The standard InChI is InChI=1S/C34H25NO.C32H21NO/c1-22-15-18-24(19-16-22)35-31-14-8-7-13-29(31)34(30-21-23(2)17-20-32(30)35)27-11-5-3-9-25(27)33(36)26-10-4-6-12-28(26)34;34-31-23-14-4-6-16-25(23)32(26-17-7-5-15-24(26)31)27-18-8-10-20-29(27)33(22-12-2-1-3-13-22)30-21-11-9-19-28(30)32/h3-21H,1-2H3;1-21H. The molecule has 2 spiro atoms. The van der Waals surface area contributed by atoms with Crippen molar-refractivity contribution in [2.75, 3.05) is 9.80 Å². The predicted octanol–water partition coefficient (Wildman–Crippen LogP) is 15.4. The Hall–Kier alpha value is -8.86. The Bertz CT molecular complexity index is 3610. The highest BCUT2D eigenvalue weighted by Crippen LogP contribution is 2.62. The number of benzene rings is 10. The van der Waals surface area contributed by atoms with Crippen LogP contribution >= 0.6 is 0 Å². The van der Waals surface area contributed by atoms with Gasteiger partial charge in [0.15, 0.2) is 11.6 Å². The summed E-state index contributed by atoms with van der Waals surface area (Å²) < 4.78 is 0. The van der Waals surface area contributed by atoms with Gasteiger partial charge in [0, 0.05) is 33.6 Å². The summed E-state index contributed by atoms with van der Waals surface area (Å²) in [7, 11) is 0. The first kappa shape index (κ1) is 41.3. The van der Waals surface area contributed by atoms with E-state index in [0.717, 1.165) is 78.6 Å². The van der Waals surface area contributed by atoms with Crippen molar-refractivity contribution < 1.29 is 9.59 Å². The summed E-state index contributed by atoms with van der Waals surface area (Å²) in [6.07, 6.45) is 0. The maximum Gasteiger partial charge on any atom is 0.193 e. The van der Waals surface area contributed by atoms with Gasteiger partial charge in [0.1, 0.15) is 0 Å². The molecule has 0 amide bonds. The van der Waals surface area contributed by atoms with Gasteiger partial charge in [0.05, 0.1) is 33.6 Å². The Labute approximate surface area is 408 Å². The van der Waals surface area contributed by atoms with Gasteiger partial charge in [-0.25, -0.2) is 0 Å². The van der Waals surface area contributed by atoms with Crippen LogP contribution in [-0.4, -0.2) is 11.6 Å². The highest BCUT2D eigenvalue weighted by atomic mass is 16.1. The van der Waals surface area contributed by atoms with E-state index in [0.29, 0.717) is 0 Å². The van der Waals surface area contributed by atoms with Crippen molar-refractivity contribution >= 4 is 45.7 Å². The molecule has 0 saturated heterocycles. The second-order valence-electron chi connectivity index (χ2n) is 18.8. The lowest BCUT2D eigenvalue weighted by Gasteiger charge is -2.49. The van der Waals surface area contributed by atoms with Crippen LogP contribution < -0.4 is 9.80 Å². The first-order chi connectivity index (χ1) is 34.4. The summed E-state index contributed by atoms with van der Waals surface area (Å²) in [6, 6.07) is 84.5. The van der Waals surface area contributed by atoms with Gasteiger partial charge in [-0.1, -0.05) is 205 Å². The van der Waals surface area contributed by atoms with Crippen LogP contribution in [-0.2, 0) is 10.8 Å². The number of carbonyl (C=O) groups is 2. The molecule has 2 heterocycles. The number of nitrogens with zero attached hydrogens (tertiary/aromatic N) is 2. The maximum absolute atomic E-state index is 13.7. The lowest BCUT2D eigenvalue weighted by Crippen LogP contribution is -2.42. The van der Waals surface area contributed by atoms with Crippen LogP contribution in [0.3, 0.4) is 0 Å². The molecule has 0 unspecified atom stereocenters. The fourth-order valence-electron chi connectivity index (χ4n) is 12.3. The number of hydrogen-bond acceptors (Lipinski definition) is 4. The molecule has 0 atom stereocenters. The van der Waals surface area contributed by atoms with Crippen molar-refractivity contribution in [3.8, 4) is 0 Å². The largest absolute Gasteiger partial charge is 0.310 e. The minimum Gasteiger partial charge on any atom is -0.310 e. The van der Waals surface area contributed by atoms with Crippen molar-refractivity contribution in [3.05, 3.63) is 321 Å². The highest BCUT2D eigenvalue weighted by Gasteiger charge is 2.53. The zero-order valence-electron chi connectivity index (χ0n) is 38.8. The molecule has 332 valence electrons. The highest BCUT2D eigenvalue weighted by molar-refractivity contribution is 6.16. The van der Waals surface area contributed by atoms with Crippen molar-refractivity contribution in [2.24, 2.45) is 0 Å².